The fourth-order valence-corrected chi connectivity index (χ4v) is 3.11. The van der Waals surface area contributed by atoms with Crippen LogP contribution >= 0.6 is 0 Å². The Morgan fingerprint density at radius 1 is 1.17 bits per heavy atom. The number of nitrogens with zero attached hydrogens (tertiary/aromatic N) is 1. The van der Waals surface area contributed by atoms with Crippen molar-refractivity contribution in [3.8, 4) is 0 Å². The molecule has 1 unspecified atom stereocenters. The van der Waals surface area contributed by atoms with E-state index in [0.29, 0.717) is 6.04 Å². The molecule has 94 valence electrons. The fraction of sp³-hybridized carbons (Fsp3) is 0.375. The molecule has 1 aliphatic rings. The van der Waals surface area contributed by atoms with Gasteiger partial charge in [0.15, 0.2) is 0 Å². The molecule has 0 amide bonds. The minimum Gasteiger partial charge on any atom is -0.466 e. The first-order chi connectivity index (χ1) is 8.59. The number of aryl methyl sites for hydroxylation is 2. The summed E-state index contributed by atoms with van der Waals surface area (Å²) in [4.78, 5) is 2.35. The van der Waals surface area contributed by atoms with Crippen LogP contribution in [0.1, 0.15) is 41.2 Å². The molecule has 0 N–H and O–H groups in total. The number of anilines is 1. The summed E-state index contributed by atoms with van der Waals surface area (Å²) in [5, 5.41) is 0. The average molecular weight is 241 g/mol. The van der Waals surface area contributed by atoms with Gasteiger partial charge in [0.1, 0.15) is 11.5 Å². The van der Waals surface area contributed by atoms with Crippen LogP contribution in [0.25, 0.3) is 0 Å². The Morgan fingerprint density at radius 3 is 2.67 bits per heavy atom. The lowest BCUT2D eigenvalue weighted by Gasteiger charge is -2.26. The standard InChI is InChI=1S/C16H19NO/c1-10-16-12(3)18-11(2)14(16)9-13-7-5-6-8-15(13)17(10)4/h5-8,10H,9H2,1-4H3. The van der Waals surface area contributed by atoms with Crippen molar-refractivity contribution >= 4 is 5.69 Å². The molecule has 1 atom stereocenters. The zero-order chi connectivity index (χ0) is 12.9. The van der Waals surface area contributed by atoms with Crippen LogP contribution in [0.4, 0.5) is 5.69 Å². The molecular weight excluding hydrogens is 222 g/mol. The van der Waals surface area contributed by atoms with Crippen molar-refractivity contribution in [3.05, 3.63) is 52.5 Å². The molecule has 0 bridgehead atoms. The predicted molar refractivity (Wildman–Crippen MR) is 74.2 cm³/mol. The lowest BCUT2D eigenvalue weighted by atomic mass is 9.99. The summed E-state index contributed by atoms with van der Waals surface area (Å²) in [5.41, 5.74) is 5.46. The first kappa shape index (κ1) is 11.4. The van der Waals surface area contributed by atoms with Crippen LogP contribution in [-0.4, -0.2) is 7.05 Å². The van der Waals surface area contributed by atoms with Crippen molar-refractivity contribution < 1.29 is 4.42 Å². The van der Waals surface area contributed by atoms with E-state index in [9.17, 15) is 0 Å². The molecule has 1 aromatic carbocycles. The smallest absolute Gasteiger partial charge is 0.106 e. The Kier molecular flexibility index (Phi) is 2.47. The lowest BCUT2D eigenvalue weighted by Crippen LogP contribution is -2.21. The second kappa shape index (κ2) is 3.91. The monoisotopic (exact) mass is 241 g/mol. The highest BCUT2D eigenvalue weighted by Gasteiger charge is 2.27. The Hall–Kier alpha value is -1.70. The highest BCUT2D eigenvalue weighted by atomic mass is 16.3. The third-order valence-corrected chi connectivity index (χ3v) is 4.17. The second-order valence-corrected chi connectivity index (χ2v) is 5.20. The molecule has 0 fully saturated rings. The molecule has 18 heavy (non-hydrogen) atoms. The van der Waals surface area contributed by atoms with Crippen LogP contribution in [0, 0.1) is 13.8 Å². The summed E-state index contributed by atoms with van der Waals surface area (Å²) in [6, 6.07) is 9.02. The van der Waals surface area contributed by atoms with Gasteiger partial charge in [-0.2, -0.15) is 0 Å². The molecule has 0 radical (unpaired) electrons. The highest BCUT2D eigenvalue weighted by Crippen LogP contribution is 2.39. The molecule has 0 saturated heterocycles. The molecule has 1 aliphatic heterocycles. The van der Waals surface area contributed by atoms with E-state index in [2.05, 4.69) is 57.0 Å². The molecule has 0 spiro atoms. The maximum atomic E-state index is 5.83. The number of benzene rings is 1. The van der Waals surface area contributed by atoms with E-state index < -0.39 is 0 Å². The van der Waals surface area contributed by atoms with Gasteiger partial charge in [0.05, 0.1) is 6.04 Å². The molecule has 2 nitrogen and oxygen atoms in total. The van der Waals surface area contributed by atoms with E-state index >= 15 is 0 Å². The van der Waals surface area contributed by atoms with Crippen molar-refractivity contribution in [3.63, 3.8) is 0 Å². The van der Waals surface area contributed by atoms with Gasteiger partial charge in [-0.15, -0.1) is 0 Å². The normalized spacial score (nSPS) is 18.2. The Labute approximate surface area is 108 Å². The summed E-state index contributed by atoms with van der Waals surface area (Å²) < 4.78 is 5.83. The molecular formula is C16H19NO. The summed E-state index contributed by atoms with van der Waals surface area (Å²) >= 11 is 0. The quantitative estimate of drug-likeness (QED) is 0.693. The second-order valence-electron chi connectivity index (χ2n) is 5.20. The number of hydrogen-bond donors (Lipinski definition) is 0. The largest absolute Gasteiger partial charge is 0.466 e. The van der Waals surface area contributed by atoms with Crippen molar-refractivity contribution in [1.82, 2.24) is 0 Å². The van der Waals surface area contributed by atoms with Crippen LogP contribution in [0.3, 0.4) is 0 Å². The van der Waals surface area contributed by atoms with Gasteiger partial charge in [-0.05, 0) is 32.4 Å². The van der Waals surface area contributed by atoms with Gasteiger partial charge in [-0.3, -0.25) is 0 Å². The van der Waals surface area contributed by atoms with Crippen LogP contribution in [0.2, 0.25) is 0 Å². The summed E-state index contributed by atoms with van der Waals surface area (Å²) in [7, 11) is 2.17. The Bertz CT molecular complexity index is 597. The minimum absolute atomic E-state index is 0.362. The van der Waals surface area contributed by atoms with E-state index in [1.807, 2.05) is 0 Å². The zero-order valence-corrected chi connectivity index (χ0v) is 11.4. The number of para-hydroxylation sites is 1. The third-order valence-electron chi connectivity index (χ3n) is 4.17. The van der Waals surface area contributed by atoms with Crippen LogP contribution in [-0.2, 0) is 6.42 Å². The van der Waals surface area contributed by atoms with E-state index in [-0.39, 0.29) is 0 Å². The lowest BCUT2D eigenvalue weighted by molar-refractivity contribution is 0.495. The molecule has 0 saturated carbocycles. The van der Waals surface area contributed by atoms with Crippen molar-refractivity contribution in [2.75, 3.05) is 11.9 Å². The molecule has 1 aromatic heterocycles. The van der Waals surface area contributed by atoms with Gasteiger partial charge in [-0.1, -0.05) is 18.2 Å². The molecule has 0 aliphatic carbocycles. The van der Waals surface area contributed by atoms with Crippen LogP contribution < -0.4 is 4.90 Å². The summed E-state index contributed by atoms with van der Waals surface area (Å²) in [5.74, 6) is 2.13. The molecule has 2 aromatic rings. The van der Waals surface area contributed by atoms with Crippen molar-refractivity contribution in [2.45, 2.75) is 33.2 Å². The predicted octanol–water partition coefficient (Wildman–Crippen LogP) is 4.00. The minimum atomic E-state index is 0.362. The van der Waals surface area contributed by atoms with Gasteiger partial charge in [0.25, 0.3) is 0 Å². The number of rotatable bonds is 0. The number of hydrogen-bond acceptors (Lipinski definition) is 2. The van der Waals surface area contributed by atoms with E-state index in [1.165, 1.54) is 22.4 Å². The maximum absolute atomic E-state index is 5.83. The molecule has 3 rings (SSSR count). The third kappa shape index (κ3) is 1.48. The van der Waals surface area contributed by atoms with Gasteiger partial charge >= 0.3 is 0 Å². The van der Waals surface area contributed by atoms with Gasteiger partial charge < -0.3 is 9.32 Å². The number of fused-ring (bicyclic) bond motifs is 2. The Morgan fingerprint density at radius 2 is 1.89 bits per heavy atom. The van der Waals surface area contributed by atoms with Crippen LogP contribution in [0.5, 0.6) is 0 Å². The SMILES string of the molecule is Cc1oc(C)c2c1Cc1ccccc1N(C)C2C. The summed E-state index contributed by atoms with van der Waals surface area (Å²) in [6.07, 6.45) is 0.976. The van der Waals surface area contributed by atoms with Crippen LogP contribution in [0.15, 0.2) is 28.7 Å². The summed E-state index contributed by atoms with van der Waals surface area (Å²) in [6.45, 7) is 6.40. The van der Waals surface area contributed by atoms with E-state index in [1.54, 1.807) is 0 Å². The molecule has 2 heteroatoms. The zero-order valence-electron chi connectivity index (χ0n) is 11.4. The molecule has 2 heterocycles. The highest BCUT2D eigenvalue weighted by molar-refractivity contribution is 5.60. The number of furan rings is 1. The topological polar surface area (TPSA) is 16.4 Å². The van der Waals surface area contributed by atoms with Gasteiger partial charge in [-0.25, -0.2) is 0 Å². The van der Waals surface area contributed by atoms with E-state index in [4.69, 9.17) is 4.42 Å². The van der Waals surface area contributed by atoms with Gasteiger partial charge in [0.2, 0.25) is 0 Å². The Balaban J connectivity index is 2.25. The fourth-order valence-electron chi connectivity index (χ4n) is 3.11. The van der Waals surface area contributed by atoms with E-state index in [0.717, 1.165) is 17.9 Å². The first-order valence-electron chi connectivity index (χ1n) is 6.49. The van der Waals surface area contributed by atoms with Gasteiger partial charge in [0, 0.05) is 30.3 Å². The van der Waals surface area contributed by atoms with Crippen molar-refractivity contribution in [2.24, 2.45) is 0 Å². The first-order valence-corrected chi connectivity index (χ1v) is 6.49. The van der Waals surface area contributed by atoms with Crippen molar-refractivity contribution in [1.29, 1.82) is 0 Å². The average Bonchev–Trinajstić information content (AvgIpc) is 2.56. The maximum Gasteiger partial charge on any atom is 0.106 e.